The maximum Gasteiger partial charge on any atom is 0.303 e. The van der Waals surface area contributed by atoms with Crippen molar-refractivity contribution in [3.8, 4) is 0 Å². The number of hydrogen-bond donors (Lipinski definition) is 1. The Balaban J connectivity index is 2.87. The van der Waals surface area contributed by atoms with Gasteiger partial charge in [0.25, 0.3) is 5.91 Å². The van der Waals surface area contributed by atoms with Crippen LogP contribution in [0.3, 0.4) is 0 Å². The molecule has 0 aromatic carbocycles. The highest BCUT2D eigenvalue weighted by Crippen LogP contribution is 2.21. The van der Waals surface area contributed by atoms with Crippen LogP contribution in [-0.4, -0.2) is 54.0 Å². The maximum absolute atomic E-state index is 12.8. The van der Waals surface area contributed by atoms with Gasteiger partial charge in [0.2, 0.25) is 0 Å². The minimum absolute atomic E-state index is 0.365. The van der Waals surface area contributed by atoms with Crippen molar-refractivity contribution in [3.05, 3.63) is 35.5 Å². The van der Waals surface area contributed by atoms with Crippen LogP contribution >= 0.6 is 0 Å². The Kier molecular flexibility index (Phi) is 9.30. The zero-order chi connectivity index (χ0) is 19.7. The zero-order valence-electron chi connectivity index (χ0n) is 16.4. The Bertz CT molecular complexity index is 579. The third-order valence-electron chi connectivity index (χ3n) is 4.15. The van der Waals surface area contributed by atoms with Gasteiger partial charge in [-0.05, 0) is 39.2 Å². The van der Waals surface area contributed by atoms with E-state index in [1.807, 2.05) is 26.0 Å². The number of nitrogens with zero attached hydrogens (tertiary/aromatic N) is 1. The molecule has 0 radical (unpaired) electrons. The van der Waals surface area contributed by atoms with Gasteiger partial charge >= 0.3 is 5.97 Å². The minimum atomic E-state index is -1.02. The van der Waals surface area contributed by atoms with Crippen molar-refractivity contribution >= 4 is 11.9 Å². The summed E-state index contributed by atoms with van der Waals surface area (Å²) in [5.41, 5.74) is 2.10. The van der Waals surface area contributed by atoms with Gasteiger partial charge in [-0.2, -0.15) is 0 Å². The lowest BCUT2D eigenvalue weighted by atomic mass is 10.1. The summed E-state index contributed by atoms with van der Waals surface area (Å²) in [6.45, 7) is 7.65. The van der Waals surface area contributed by atoms with Crippen LogP contribution in [0.1, 0.15) is 47.0 Å². The number of ether oxygens (including phenoxy) is 2. The summed E-state index contributed by atoms with van der Waals surface area (Å²) in [5, 5.41) is 9.91. The Morgan fingerprint density at radius 2 is 2.00 bits per heavy atom. The number of carbonyl (C=O) groups is 2. The standard InChI is InChI=1S/C20H31NO5/c1-6-8-14(2)9-7-10-15(3)13-18(26-16(4)22)19(24)21-12-11-17(23)20(21)25-5/h7-9,13,17-18,20,23H,6,10-12H2,1-5H3. The van der Waals surface area contributed by atoms with Crippen molar-refractivity contribution in [3.63, 3.8) is 0 Å². The SMILES string of the molecule is CCC=C(C)C=CCC(C)=CC(OC(C)=O)C(=O)N1CCC(O)C1OC. The van der Waals surface area contributed by atoms with E-state index in [1.165, 1.54) is 24.5 Å². The summed E-state index contributed by atoms with van der Waals surface area (Å²) in [5.74, 6) is -0.910. The predicted octanol–water partition coefficient (Wildman–Crippen LogP) is 2.73. The highest BCUT2D eigenvalue weighted by molar-refractivity contribution is 5.85. The van der Waals surface area contributed by atoms with Crippen LogP contribution in [0, 0.1) is 0 Å². The van der Waals surface area contributed by atoms with Gasteiger partial charge in [-0.1, -0.05) is 36.3 Å². The molecule has 1 heterocycles. The van der Waals surface area contributed by atoms with Crippen LogP contribution in [0.25, 0.3) is 0 Å². The first-order valence-corrected chi connectivity index (χ1v) is 8.99. The summed E-state index contributed by atoms with van der Waals surface area (Å²) in [4.78, 5) is 25.6. The third kappa shape index (κ3) is 6.77. The molecule has 1 amide bonds. The molecule has 0 saturated carbocycles. The quantitative estimate of drug-likeness (QED) is 0.407. The largest absolute Gasteiger partial charge is 0.448 e. The Morgan fingerprint density at radius 3 is 2.58 bits per heavy atom. The highest BCUT2D eigenvalue weighted by atomic mass is 16.5. The van der Waals surface area contributed by atoms with Gasteiger partial charge in [0, 0.05) is 20.6 Å². The molecule has 1 saturated heterocycles. The van der Waals surface area contributed by atoms with Crippen molar-refractivity contribution in [2.75, 3.05) is 13.7 Å². The molecule has 1 aliphatic heterocycles. The number of methoxy groups -OCH3 is 1. The first-order chi connectivity index (χ1) is 12.3. The zero-order valence-corrected chi connectivity index (χ0v) is 16.4. The van der Waals surface area contributed by atoms with Crippen molar-refractivity contribution in [1.82, 2.24) is 4.90 Å². The molecule has 6 nitrogen and oxygen atoms in total. The van der Waals surface area contributed by atoms with E-state index in [0.717, 1.165) is 12.0 Å². The van der Waals surface area contributed by atoms with Gasteiger partial charge in [0.1, 0.15) is 6.10 Å². The average molecular weight is 365 g/mol. The summed E-state index contributed by atoms with van der Waals surface area (Å²) < 4.78 is 10.4. The normalized spacial score (nSPS) is 22.8. The number of aliphatic hydroxyl groups excluding tert-OH is 1. The van der Waals surface area contributed by atoms with E-state index in [2.05, 4.69) is 13.0 Å². The van der Waals surface area contributed by atoms with Gasteiger partial charge in [-0.3, -0.25) is 9.59 Å². The van der Waals surface area contributed by atoms with Gasteiger partial charge < -0.3 is 19.5 Å². The molecular weight excluding hydrogens is 334 g/mol. The van der Waals surface area contributed by atoms with E-state index in [-0.39, 0.29) is 5.91 Å². The number of aliphatic hydroxyl groups is 1. The van der Waals surface area contributed by atoms with Crippen LogP contribution in [0.4, 0.5) is 0 Å². The van der Waals surface area contributed by atoms with E-state index >= 15 is 0 Å². The molecule has 3 atom stereocenters. The topological polar surface area (TPSA) is 76.1 Å². The number of carbonyl (C=O) groups excluding carboxylic acids is 2. The molecule has 3 unspecified atom stereocenters. The molecule has 1 N–H and O–H groups in total. The van der Waals surface area contributed by atoms with Crippen LogP contribution in [0.2, 0.25) is 0 Å². The van der Waals surface area contributed by atoms with Crippen molar-refractivity contribution in [2.45, 2.75) is 65.4 Å². The third-order valence-corrected chi connectivity index (χ3v) is 4.15. The summed E-state index contributed by atoms with van der Waals surface area (Å²) in [6.07, 6.45) is 7.43. The molecule has 0 aliphatic carbocycles. The van der Waals surface area contributed by atoms with Crippen molar-refractivity contribution < 1.29 is 24.2 Å². The molecule has 26 heavy (non-hydrogen) atoms. The first kappa shape index (κ1) is 22.1. The van der Waals surface area contributed by atoms with Gasteiger partial charge in [0.05, 0.1) is 0 Å². The molecule has 0 spiro atoms. The van der Waals surface area contributed by atoms with Crippen LogP contribution < -0.4 is 0 Å². The maximum atomic E-state index is 12.8. The summed E-state index contributed by atoms with van der Waals surface area (Å²) >= 11 is 0. The highest BCUT2D eigenvalue weighted by Gasteiger charge is 2.39. The van der Waals surface area contributed by atoms with Crippen molar-refractivity contribution in [2.24, 2.45) is 0 Å². The van der Waals surface area contributed by atoms with E-state index in [4.69, 9.17) is 9.47 Å². The fourth-order valence-electron chi connectivity index (χ4n) is 2.91. The molecule has 0 aromatic rings. The number of hydrogen-bond acceptors (Lipinski definition) is 5. The lowest BCUT2D eigenvalue weighted by Crippen LogP contribution is -2.46. The molecule has 146 valence electrons. The number of amides is 1. The molecule has 0 bridgehead atoms. The summed E-state index contributed by atoms with van der Waals surface area (Å²) in [7, 11) is 1.44. The average Bonchev–Trinajstić information content (AvgIpc) is 2.94. The van der Waals surface area contributed by atoms with Crippen molar-refractivity contribution in [1.29, 1.82) is 0 Å². The van der Waals surface area contributed by atoms with E-state index < -0.39 is 24.4 Å². The lowest BCUT2D eigenvalue weighted by molar-refractivity contribution is -0.162. The number of rotatable bonds is 8. The van der Waals surface area contributed by atoms with Crippen LogP contribution in [0.5, 0.6) is 0 Å². The second kappa shape index (κ2) is 10.9. The van der Waals surface area contributed by atoms with Gasteiger partial charge in [-0.25, -0.2) is 0 Å². The van der Waals surface area contributed by atoms with Crippen LogP contribution in [-0.2, 0) is 19.1 Å². The second-order valence-corrected chi connectivity index (χ2v) is 6.52. The fourth-order valence-corrected chi connectivity index (χ4v) is 2.91. The van der Waals surface area contributed by atoms with Gasteiger partial charge in [0.15, 0.2) is 12.3 Å². The van der Waals surface area contributed by atoms with E-state index in [1.54, 1.807) is 6.08 Å². The van der Waals surface area contributed by atoms with E-state index in [0.29, 0.717) is 19.4 Å². The smallest absolute Gasteiger partial charge is 0.303 e. The molecule has 1 aliphatic rings. The molecule has 1 rings (SSSR count). The first-order valence-electron chi connectivity index (χ1n) is 8.99. The minimum Gasteiger partial charge on any atom is -0.448 e. The Hall–Kier alpha value is -1.92. The Labute approximate surface area is 156 Å². The number of likely N-dealkylation sites (tertiary alicyclic amines) is 1. The molecule has 6 heteroatoms. The lowest BCUT2D eigenvalue weighted by Gasteiger charge is -2.27. The predicted molar refractivity (Wildman–Crippen MR) is 100 cm³/mol. The number of allylic oxidation sites excluding steroid dienone is 5. The summed E-state index contributed by atoms with van der Waals surface area (Å²) in [6, 6.07) is 0. The second-order valence-electron chi connectivity index (χ2n) is 6.52. The monoisotopic (exact) mass is 365 g/mol. The number of esters is 1. The fraction of sp³-hybridized carbons (Fsp3) is 0.600. The molecule has 1 fully saturated rings. The van der Waals surface area contributed by atoms with Crippen LogP contribution in [0.15, 0.2) is 35.5 Å². The van der Waals surface area contributed by atoms with Gasteiger partial charge in [-0.15, -0.1) is 0 Å². The molecular formula is C20H31NO5. The Morgan fingerprint density at radius 1 is 1.31 bits per heavy atom. The molecule has 0 aromatic heterocycles. The van der Waals surface area contributed by atoms with E-state index in [9.17, 15) is 14.7 Å².